The van der Waals surface area contributed by atoms with E-state index in [0.717, 1.165) is 31.5 Å². The second-order valence-corrected chi connectivity index (χ2v) is 7.37. The number of hydrogen-bond acceptors (Lipinski definition) is 4. The van der Waals surface area contributed by atoms with Gasteiger partial charge in [-0.3, -0.25) is 14.5 Å². The van der Waals surface area contributed by atoms with Gasteiger partial charge >= 0.3 is 0 Å². The van der Waals surface area contributed by atoms with Crippen molar-refractivity contribution in [3.8, 4) is 5.75 Å². The summed E-state index contributed by atoms with van der Waals surface area (Å²) in [6.07, 6.45) is 1.58. The highest BCUT2D eigenvalue weighted by molar-refractivity contribution is 6.30. The number of carbonyl (C=O) groups is 2. The van der Waals surface area contributed by atoms with Gasteiger partial charge in [-0.25, -0.2) is 0 Å². The summed E-state index contributed by atoms with van der Waals surface area (Å²) in [6, 6.07) is 16.6. The Morgan fingerprint density at radius 2 is 1.82 bits per heavy atom. The number of carbonyl (C=O) groups excluding carboxylic acids is 2. The molecule has 2 aromatic carbocycles. The normalized spacial score (nSPS) is 15.2. The molecule has 1 aliphatic heterocycles. The first kappa shape index (κ1) is 20.4. The van der Waals surface area contributed by atoms with Crippen LogP contribution >= 0.6 is 11.6 Å². The van der Waals surface area contributed by atoms with Gasteiger partial charge in [0, 0.05) is 16.5 Å². The van der Waals surface area contributed by atoms with Crippen molar-refractivity contribution in [1.29, 1.82) is 0 Å². The van der Waals surface area contributed by atoms with Crippen molar-refractivity contribution in [3.63, 3.8) is 0 Å². The lowest BCUT2D eigenvalue weighted by atomic mass is 9.89. The van der Waals surface area contributed by atoms with Gasteiger partial charge in [-0.2, -0.15) is 0 Å². The first-order valence-electron chi connectivity index (χ1n) is 9.58. The zero-order chi connectivity index (χ0) is 19.8. The summed E-state index contributed by atoms with van der Waals surface area (Å²) >= 11 is 5.90. The molecule has 2 aromatic rings. The van der Waals surface area contributed by atoms with Gasteiger partial charge in [0.05, 0.1) is 13.1 Å². The number of Topliss-reactive ketones (excluding diaryl/α,β-unsaturated/α-hetero) is 1. The van der Waals surface area contributed by atoms with E-state index in [1.165, 1.54) is 0 Å². The third-order valence-electron chi connectivity index (χ3n) is 4.87. The van der Waals surface area contributed by atoms with E-state index in [2.05, 4.69) is 10.2 Å². The first-order chi connectivity index (χ1) is 13.6. The molecule has 1 fully saturated rings. The Bertz CT molecular complexity index is 789. The molecular weight excluding hydrogens is 376 g/mol. The summed E-state index contributed by atoms with van der Waals surface area (Å²) in [5, 5.41) is 3.49. The predicted molar refractivity (Wildman–Crippen MR) is 110 cm³/mol. The molecule has 3 rings (SSSR count). The molecule has 1 saturated heterocycles. The van der Waals surface area contributed by atoms with E-state index in [1.54, 1.807) is 12.1 Å². The predicted octanol–water partition coefficient (Wildman–Crippen LogP) is 3.43. The number of rotatable bonds is 8. The summed E-state index contributed by atoms with van der Waals surface area (Å²) in [4.78, 5) is 26.7. The molecule has 1 aliphatic rings. The maximum atomic E-state index is 12.5. The number of amides is 1. The van der Waals surface area contributed by atoms with E-state index in [9.17, 15) is 9.59 Å². The molecule has 0 aromatic heterocycles. The molecule has 0 atom stereocenters. The Hall–Kier alpha value is -2.37. The third kappa shape index (κ3) is 6.08. The van der Waals surface area contributed by atoms with Crippen molar-refractivity contribution in [3.05, 3.63) is 65.2 Å². The molecule has 0 bridgehead atoms. The van der Waals surface area contributed by atoms with Gasteiger partial charge < -0.3 is 10.1 Å². The average Bonchev–Trinajstić information content (AvgIpc) is 2.72. The van der Waals surface area contributed by atoms with Crippen molar-refractivity contribution in [1.82, 2.24) is 10.2 Å². The minimum Gasteiger partial charge on any atom is -0.492 e. The molecule has 0 radical (unpaired) electrons. The topological polar surface area (TPSA) is 58.6 Å². The maximum absolute atomic E-state index is 12.5. The van der Waals surface area contributed by atoms with Crippen molar-refractivity contribution in [2.24, 2.45) is 5.92 Å². The van der Waals surface area contributed by atoms with Crippen LogP contribution in [0.1, 0.15) is 23.2 Å². The van der Waals surface area contributed by atoms with E-state index in [-0.39, 0.29) is 17.6 Å². The van der Waals surface area contributed by atoms with Crippen LogP contribution in [0.2, 0.25) is 5.02 Å². The van der Waals surface area contributed by atoms with Crippen LogP contribution in [0.5, 0.6) is 5.75 Å². The molecule has 0 spiro atoms. The van der Waals surface area contributed by atoms with Crippen LogP contribution in [-0.4, -0.2) is 49.4 Å². The van der Waals surface area contributed by atoms with Gasteiger partial charge in [0.15, 0.2) is 5.78 Å². The van der Waals surface area contributed by atoms with Gasteiger partial charge in [0.2, 0.25) is 5.91 Å². The minimum absolute atomic E-state index is 0.0254. The average molecular weight is 401 g/mol. The number of ketones is 1. The van der Waals surface area contributed by atoms with E-state index < -0.39 is 0 Å². The van der Waals surface area contributed by atoms with Gasteiger partial charge in [-0.1, -0.05) is 48.0 Å². The fourth-order valence-electron chi connectivity index (χ4n) is 3.37. The van der Waals surface area contributed by atoms with Crippen LogP contribution in [0.3, 0.4) is 0 Å². The highest BCUT2D eigenvalue weighted by Crippen LogP contribution is 2.21. The Labute approximate surface area is 170 Å². The Morgan fingerprint density at radius 1 is 1.07 bits per heavy atom. The quantitative estimate of drug-likeness (QED) is 0.544. The molecule has 1 heterocycles. The molecular formula is C22H25ClN2O3. The molecule has 148 valence electrons. The molecule has 0 unspecified atom stereocenters. The van der Waals surface area contributed by atoms with Gasteiger partial charge in [0.1, 0.15) is 12.4 Å². The molecule has 1 amide bonds. The molecule has 0 aliphatic carbocycles. The van der Waals surface area contributed by atoms with Crippen molar-refractivity contribution >= 4 is 23.3 Å². The monoisotopic (exact) mass is 400 g/mol. The summed E-state index contributed by atoms with van der Waals surface area (Å²) in [5.41, 5.74) is 0.776. The largest absolute Gasteiger partial charge is 0.492 e. The Morgan fingerprint density at radius 3 is 2.54 bits per heavy atom. The SMILES string of the molecule is O=C(CN1CCC(C(=O)c2ccccc2)CC1)NCCOc1cccc(Cl)c1. The number of halogens is 1. The number of nitrogens with one attached hydrogen (secondary N) is 1. The lowest BCUT2D eigenvalue weighted by Crippen LogP contribution is -2.43. The first-order valence-corrected chi connectivity index (χ1v) is 9.96. The summed E-state index contributed by atoms with van der Waals surface area (Å²) in [5.74, 6) is 0.921. The molecule has 5 nitrogen and oxygen atoms in total. The second-order valence-electron chi connectivity index (χ2n) is 6.94. The second kappa shape index (κ2) is 10.2. The van der Waals surface area contributed by atoms with Crippen LogP contribution in [-0.2, 0) is 4.79 Å². The van der Waals surface area contributed by atoms with E-state index in [0.29, 0.717) is 30.5 Å². The lowest BCUT2D eigenvalue weighted by Gasteiger charge is -2.30. The van der Waals surface area contributed by atoms with E-state index in [1.807, 2.05) is 42.5 Å². The van der Waals surface area contributed by atoms with Crippen molar-refractivity contribution in [2.75, 3.05) is 32.8 Å². The van der Waals surface area contributed by atoms with Crippen LogP contribution in [0, 0.1) is 5.92 Å². The highest BCUT2D eigenvalue weighted by Gasteiger charge is 2.26. The van der Waals surface area contributed by atoms with Crippen molar-refractivity contribution < 1.29 is 14.3 Å². The highest BCUT2D eigenvalue weighted by atomic mass is 35.5. The fraction of sp³-hybridized carbons (Fsp3) is 0.364. The summed E-state index contributed by atoms with van der Waals surface area (Å²) in [6.45, 7) is 2.70. The third-order valence-corrected chi connectivity index (χ3v) is 5.11. The van der Waals surface area contributed by atoms with E-state index >= 15 is 0 Å². The van der Waals surface area contributed by atoms with Crippen LogP contribution in [0.4, 0.5) is 0 Å². The number of piperidine rings is 1. The zero-order valence-corrected chi connectivity index (χ0v) is 16.5. The van der Waals surface area contributed by atoms with Crippen LogP contribution in [0.15, 0.2) is 54.6 Å². The van der Waals surface area contributed by atoms with Gasteiger partial charge in [-0.05, 0) is 44.1 Å². The molecule has 6 heteroatoms. The van der Waals surface area contributed by atoms with Crippen molar-refractivity contribution in [2.45, 2.75) is 12.8 Å². The van der Waals surface area contributed by atoms with Gasteiger partial charge in [0.25, 0.3) is 0 Å². The Kier molecular flexibility index (Phi) is 7.46. The smallest absolute Gasteiger partial charge is 0.234 e. The standard InChI is InChI=1S/C22H25ClN2O3/c23-19-7-4-8-20(15-19)28-14-11-24-21(26)16-25-12-9-18(10-13-25)22(27)17-5-2-1-3-6-17/h1-8,15,18H,9-14,16H2,(H,24,26). The number of hydrogen-bond donors (Lipinski definition) is 1. The van der Waals surface area contributed by atoms with E-state index in [4.69, 9.17) is 16.3 Å². The van der Waals surface area contributed by atoms with Crippen LogP contribution < -0.4 is 10.1 Å². The summed E-state index contributed by atoms with van der Waals surface area (Å²) < 4.78 is 5.56. The molecule has 28 heavy (non-hydrogen) atoms. The number of nitrogens with zero attached hydrogens (tertiary/aromatic N) is 1. The van der Waals surface area contributed by atoms with Gasteiger partial charge in [-0.15, -0.1) is 0 Å². The summed E-state index contributed by atoms with van der Waals surface area (Å²) in [7, 11) is 0. The molecule has 1 N–H and O–H groups in total. The minimum atomic E-state index is -0.0254. The zero-order valence-electron chi connectivity index (χ0n) is 15.8. The number of likely N-dealkylation sites (tertiary alicyclic amines) is 1. The number of benzene rings is 2. The number of ether oxygens (including phenoxy) is 1. The van der Waals surface area contributed by atoms with Crippen LogP contribution in [0.25, 0.3) is 0 Å². The molecule has 0 saturated carbocycles. The fourth-order valence-corrected chi connectivity index (χ4v) is 3.55. The Balaban J connectivity index is 1.33. The maximum Gasteiger partial charge on any atom is 0.234 e. The lowest BCUT2D eigenvalue weighted by molar-refractivity contribution is -0.122.